The molecule has 0 aliphatic heterocycles. The molecule has 0 aliphatic rings. The molecule has 0 spiro atoms. The maximum Gasteiger partial charge on any atom is 0.277 e. The second-order valence-corrected chi connectivity index (χ2v) is 7.65. The third-order valence-corrected chi connectivity index (χ3v) is 4.70. The maximum atomic E-state index is 11.9. The molecule has 154 valence electrons. The molecule has 0 saturated carbocycles. The van der Waals surface area contributed by atoms with Gasteiger partial charge >= 0.3 is 0 Å². The van der Waals surface area contributed by atoms with Gasteiger partial charge in [0.2, 0.25) is 5.91 Å². The first kappa shape index (κ1) is 22.9. The fourth-order valence-corrected chi connectivity index (χ4v) is 3.22. The number of aryl methyl sites for hydroxylation is 1. The van der Waals surface area contributed by atoms with Gasteiger partial charge in [-0.3, -0.25) is 9.59 Å². The summed E-state index contributed by atoms with van der Waals surface area (Å²) in [6.45, 7) is 2.07. The third-order valence-electron chi connectivity index (χ3n) is 3.85. The summed E-state index contributed by atoms with van der Waals surface area (Å²) >= 11 is 9.17. The summed E-state index contributed by atoms with van der Waals surface area (Å²) in [4.78, 5) is 23.8. The molecule has 29 heavy (non-hydrogen) atoms. The van der Waals surface area contributed by atoms with E-state index in [2.05, 4.69) is 43.9 Å². The Balaban J connectivity index is 1.63. The number of amides is 2. The van der Waals surface area contributed by atoms with Crippen LogP contribution in [-0.2, 0) is 16.0 Å². The number of hydrazone groups is 1. The van der Waals surface area contributed by atoms with Crippen LogP contribution in [0.4, 0.5) is 0 Å². The molecular weight excluding hydrogens is 458 g/mol. The first-order chi connectivity index (χ1) is 13.9. The van der Waals surface area contributed by atoms with E-state index in [1.807, 2.05) is 18.2 Å². The minimum absolute atomic E-state index is 0.120. The zero-order valence-corrected chi connectivity index (χ0v) is 18.4. The van der Waals surface area contributed by atoms with Crippen molar-refractivity contribution in [2.45, 2.75) is 26.2 Å². The van der Waals surface area contributed by atoms with Crippen LogP contribution in [0.5, 0.6) is 5.75 Å². The van der Waals surface area contributed by atoms with Crippen LogP contribution in [0.25, 0.3) is 0 Å². The highest BCUT2D eigenvalue weighted by Crippen LogP contribution is 2.27. The Morgan fingerprint density at radius 2 is 1.90 bits per heavy atom. The van der Waals surface area contributed by atoms with Crippen molar-refractivity contribution in [3.8, 4) is 5.75 Å². The van der Waals surface area contributed by atoms with Gasteiger partial charge in [-0.25, -0.2) is 5.43 Å². The first-order valence-corrected chi connectivity index (χ1v) is 10.3. The molecule has 0 fully saturated rings. The Kier molecular flexibility index (Phi) is 9.67. The molecule has 2 aromatic carbocycles. The third kappa shape index (κ3) is 9.11. The predicted octanol–water partition coefficient (Wildman–Crippen LogP) is 4.11. The number of ether oxygens (including phenoxy) is 1. The highest BCUT2D eigenvalue weighted by atomic mass is 79.9. The molecule has 0 aliphatic carbocycles. The van der Waals surface area contributed by atoms with Gasteiger partial charge in [-0.2, -0.15) is 5.10 Å². The molecule has 0 atom stereocenters. The number of nitrogens with zero attached hydrogens (tertiary/aromatic N) is 1. The lowest BCUT2D eigenvalue weighted by Gasteiger charge is -2.08. The molecule has 8 heteroatoms. The van der Waals surface area contributed by atoms with Gasteiger partial charge < -0.3 is 10.1 Å². The van der Waals surface area contributed by atoms with Gasteiger partial charge in [0, 0.05) is 17.3 Å². The molecule has 2 aromatic rings. The smallest absolute Gasteiger partial charge is 0.277 e. The van der Waals surface area contributed by atoms with Crippen LogP contribution >= 0.6 is 27.5 Å². The van der Waals surface area contributed by atoms with Gasteiger partial charge in [0.1, 0.15) is 5.75 Å². The van der Waals surface area contributed by atoms with E-state index >= 15 is 0 Å². The van der Waals surface area contributed by atoms with E-state index in [1.54, 1.807) is 25.1 Å². The lowest BCUT2D eigenvalue weighted by molar-refractivity contribution is -0.123. The van der Waals surface area contributed by atoms with E-state index in [-0.39, 0.29) is 18.9 Å². The lowest BCUT2D eigenvalue weighted by atomic mass is 10.1. The van der Waals surface area contributed by atoms with E-state index in [0.717, 1.165) is 12.8 Å². The SMILES string of the molecule is C/C(CC(=O)NCCCc1ccccc1)=N\NC(=O)COc1ccc(Cl)cc1Br. The monoisotopic (exact) mass is 479 g/mol. The van der Waals surface area contributed by atoms with Crippen LogP contribution in [0, 0.1) is 0 Å². The Hall–Kier alpha value is -2.38. The average Bonchev–Trinajstić information content (AvgIpc) is 2.70. The normalized spacial score (nSPS) is 11.1. The predicted molar refractivity (Wildman–Crippen MR) is 118 cm³/mol. The van der Waals surface area contributed by atoms with Gasteiger partial charge in [0.05, 0.1) is 10.9 Å². The summed E-state index contributed by atoms with van der Waals surface area (Å²) < 4.78 is 6.06. The molecular formula is C21H23BrClN3O3. The number of halogens is 2. The van der Waals surface area contributed by atoms with Crippen molar-refractivity contribution in [1.29, 1.82) is 0 Å². The van der Waals surface area contributed by atoms with E-state index in [1.165, 1.54) is 5.56 Å². The second kappa shape index (κ2) is 12.2. The summed E-state index contributed by atoms with van der Waals surface area (Å²) in [7, 11) is 0. The number of hydrogen-bond donors (Lipinski definition) is 2. The van der Waals surface area contributed by atoms with Crippen molar-refractivity contribution in [2.75, 3.05) is 13.2 Å². The van der Waals surface area contributed by atoms with Gasteiger partial charge in [-0.1, -0.05) is 41.9 Å². The van der Waals surface area contributed by atoms with Gasteiger partial charge in [-0.15, -0.1) is 0 Å². The Bertz CT molecular complexity index is 860. The highest BCUT2D eigenvalue weighted by Gasteiger charge is 2.07. The van der Waals surface area contributed by atoms with Crippen molar-refractivity contribution >= 4 is 45.1 Å². The second-order valence-electron chi connectivity index (χ2n) is 6.36. The van der Waals surface area contributed by atoms with Crippen LogP contribution in [0.2, 0.25) is 5.02 Å². The standard InChI is InChI=1S/C21H23BrClN3O3/c1-15(12-20(27)24-11-5-8-16-6-3-2-4-7-16)25-26-21(28)14-29-19-10-9-17(23)13-18(19)22/h2-4,6-7,9-10,13H,5,8,11-12,14H2,1H3,(H,24,27)(H,26,28)/b25-15+. The molecule has 0 radical (unpaired) electrons. The largest absolute Gasteiger partial charge is 0.483 e. The van der Waals surface area contributed by atoms with Crippen molar-refractivity contribution in [3.63, 3.8) is 0 Å². The topological polar surface area (TPSA) is 79.8 Å². The van der Waals surface area contributed by atoms with Gasteiger partial charge in [0.25, 0.3) is 5.91 Å². The van der Waals surface area contributed by atoms with E-state index in [9.17, 15) is 9.59 Å². The van der Waals surface area contributed by atoms with Crippen LogP contribution in [-0.4, -0.2) is 30.7 Å². The van der Waals surface area contributed by atoms with Crippen molar-refractivity contribution in [2.24, 2.45) is 5.10 Å². The number of rotatable bonds is 10. The highest BCUT2D eigenvalue weighted by molar-refractivity contribution is 9.10. The number of nitrogens with one attached hydrogen (secondary N) is 2. The minimum Gasteiger partial charge on any atom is -0.483 e. The molecule has 2 amide bonds. The maximum absolute atomic E-state index is 11.9. The van der Waals surface area contributed by atoms with Crippen molar-refractivity contribution < 1.29 is 14.3 Å². The van der Waals surface area contributed by atoms with Crippen molar-refractivity contribution in [1.82, 2.24) is 10.7 Å². The molecule has 2 N–H and O–H groups in total. The minimum atomic E-state index is -0.422. The van der Waals surface area contributed by atoms with E-state index in [0.29, 0.717) is 27.5 Å². The summed E-state index contributed by atoms with van der Waals surface area (Å²) in [6.07, 6.45) is 1.89. The Labute approximate surface area is 183 Å². The van der Waals surface area contributed by atoms with E-state index in [4.69, 9.17) is 16.3 Å². The first-order valence-electron chi connectivity index (χ1n) is 9.14. The summed E-state index contributed by atoms with van der Waals surface area (Å²) in [5, 5.41) is 7.35. The van der Waals surface area contributed by atoms with Gasteiger partial charge in [-0.05, 0) is 59.5 Å². The van der Waals surface area contributed by atoms with Crippen LogP contribution < -0.4 is 15.5 Å². The summed E-state index contributed by atoms with van der Waals surface area (Å²) in [6, 6.07) is 15.1. The lowest BCUT2D eigenvalue weighted by Crippen LogP contribution is -2.29. The number of benzene rings is 2. The zero-order valence-electron chi connectivity index (χ0n) is 16.1. The molecule has 6 nitrogen and oxygen atoms in total. The number of hydrogen-bond acceptors (Lipinski definition) is 4. The van der Waals surface area contributed by atoms with Gasteiger partial charge in [0.15, 0.2) is 6.61 Å². The molecule has 0 aromatic heterocycles. The summed E-state index contributed by atoms with van der Waals surface area (Å²) in [5.41, 5.74) is 4.13. The fraction of sp³-hybridized carbons (Fsp3) is 0.286. The molecule has 0 bridgehead atoms. The molecule has 0 heterocycles. The van der Waals surface area contributed by atoms with Crippen LogP contribution in [0.3, 0.4) is 0 Å². The Morgan fingerprint density at radius 3 is 2.62 bits per heavy atom. The van der Waals surface area contributed by atoms with Crippen LogP contribution in [0.15, 0.2) is 58.1 Å². The molecule has 0 unspecified atom stereocenters. The van der Waals surface area contributed by atoms with E-state index < -0.39 is 5.91 Å². The quantitative estimate of drug-likeness (QED) is 0.305. The Morgan fingerprint density at radius 1 is 1.14 bits per heavy atom. The summed E-state index contributed by atoms with van der Waals surface area (Å²) in [5.74, 6) is -0.0514. The number of carbonyl (C=O) groups excluding carboxylic acids is 2. The fourth-order valence-electron chi connectivity index (χ4n) is 2.43. The zero-order chi connectivity index (χ0) is 21.1. The average molecular weight is 481 g/mol. The molecule has 2 rings (SSSR count). The van der Waals surface area contributed by atoms with Crippen molar-refractivity contribution in [3.05, 3.63) is 63.6 Å². The molecule has 0 saturated heterocycles. The van der Waals surface area contributed by atoms with Crippen LogP contribution in [0.1, 0.15) is 25.3 Å². The number of carbonyl (C=O) groups is 2.